The number of benzene rings is 1. The number of rotatable bonds is 3. The molecule has 0 heterocycles. The van der Waals surface area contributed by atoms with Gasteiger partial charge in [-0.2, -0.15) is 0 Å². The number of amides is 1. The molecule has 1 amide bonds. The van der Waals surface area contributed by atoms with Crippen LogP contribution >= 0.6 is 0 Å². The second-order valence-electron chi connectivity index (χ2n) is 4.19. The summed E-state index contributed by atoms with van der Waals surface area (Å²) in [7, 11) is 0. The summed E-state index contributed by atoms with van der Waals surface area (Å²) in [6.45, 7) is 6.28. The quantitative estimate of drug-likeness (QED) is 0.773. The minimum Gasteiger partial charge on any atom is -0.449 e. The van der Waals surface area contributed by atoms with Gasteiger partial charge in [0.05, 0.1) is 6.61 Å². The average Bonchev–Trinajstić information content (AvgIpc) is 2.19. The van der Waals surface area contributed by atoms with Crippen LogP contribution in [0.5, 0.6) is 0 Å². The molecule has 0 saturated carbocycles. The number of nitrogens with one attached hydrogen (secondary N) is 1. The van der Waals surface area contributed by atoms with Crippen LogP contribution in [0.1, 0.15) is 19.4 Å². The SMILES string of the molecule is Cc1cc(N)ccc1NC(=O)OCC(C)C. The van der Waals surface area contributed by atoms with Gasteiger partial charge in [0.2, 0.25) is 0 Å². The van der Waals surface area contributed by atoms with Crippen molar-refractivity contribution in [3.8, 4) is 0 Å². The van der Waals surface area contributed by atoms with Crippen LogP contribution < -0.4 is 11.1 Å². The maximum atomic E-state index is 11.4. The van der Waals surface area contributed by atoms with Crippen molar-refractivity contribution in [1.29, 1.82) is 0 Å². The topological polar surface area (TPSA) is 64.3 Å². The fraction of sp³-hybridized carbons (Fsp3) is 0.417. The fourth-order valence-electron chi connectivity index (χ4n) is 1.22. The summed E-state index contributed by atoms with van der Waals surface area (Å²) in [5, 5.41) is 2.68. The molecule has 0 saturated heterocycles. The third-order valence-corrected chi connectivity index (χ3v) is 2.03. The van der Waals surface area contributed by atoms with E-state index in [2.05, 4.69) is 5.32 Å². The first-order valence-corrected chi connectivity index (χ1v) is 5.29. The van der Waals surface area contributed by atoms with E-state index in [-0.39, 0.29) is 0 Å². The molecule has 0 atom stereocenters. The summed E-state index contributed by atoms with van der Waals surface area (Å²) in [4.78, 5) is 11.4. The van der Waals surface area contributed by atoms with Crippen molar-refractivity contribution in [1.82, 2.24) is 0 Å². The molecule has 88 valence electrons. The molecule has 16 heavy (non-hydrogen) atoms. The number of aryl methyl sites for hydroxylation is 1. The number of nitrogens with two attached hydrogens (primary N) is 1. The van der Waals surface area contributed by atoms with Crippen LogP contribution in [0.25, 0.3) is 0 Å². The van der Waals surface area contributed by atoms with Gasteiger partial charge in [0, 0.05) is 11.4 Å². The number of anilines is 2. The van der Waals surface area contributed by atoms with E-state index in [0.29, 0.717) is 18.2 Å². The number of carbonyl (C=O) groups excluding carboxylic acids is 1. The third-order valence-electron chi connectivity index (χ3n) is 2.03. The lowest BCUT2D eigenvalue weighted by molar-refractivity contribution is 0.147. The van der Waals surface area contributed by atoms with Crippen molar-refractivity contribution in [3.05, 3.63) is 23.8 Å². The van der Waals surface area contributed by atoms with Crippen molar-refractivity contribution in [3.63, 3.8) is 0 Å². The lowest BCUT2D eigenvalue weighted by atomic mass is 10.2. The van der Waals surface area contributed by atoms with Gasteiger partial charge >= 0.3 is 6.09 Å². The van der Waals surface area contributed by atoms with E-state index in [1.807, 2.05) is 20.8 Å². The Morgan fingerprint density at radius 3 is 2.75 bits per heavy atom. The maximum Gasteiger partial charge on any atom is 0.411 e. The molecule has 4 heteroatoms. The van der Waals surface area contributed by atoms with Gasteiger partial charge in [0.25, 0.3) is 0 Å². The van der Waals surface area contributed by atoms with Gasteiger partial charge in [-0.3, -0.25) is 5.32 Å². The van der Waals surface area contributed by atoms with Crippen molar-refractivity contribution in [2.24, 2.45) is 5.92 Å². The van der Waals surface area contributed by atoms with Crippen LogP contribution in [-0.4, -0.2) is 12.7 Å². The Morgan fingerprint density at radius 1 is 1.50 bits per heavy atom. The van der Waals surface area contributed by atoms with Crippen LogP contribution in [0.2, 0.25) is 0 Å². The molecule has 1 rings (SSSR count). The molecule has 0 spiro atoms. The summed E-state index contributed by atoms with van der Waals surface area (Å²) in [6, 6.07) is 5.31. The van der Waals surface area contributed by atoms with E-state index in [4.69, 9.17) is 10.5 Å². The van der Waals surface area contributed by atoms with Gasteiger partial charge in [-0.05, 0) is 36.6 Å². The van der Waals surface area contributed by atoms with Gasteiger partial charge in [-0.25, -0.2) is 4.79 Å². The molecule has 1 aromatic rings. The standard InChI is InChI=1S/C12H18N2O2/c1-8(2)7-16-12(15)14-11-5-4-10(13)6-9(11)3/h4-6,8H,7,13H2,1-3H3,(H,14,15). The Morgan fingerprint density at radius 2 is 2.19 bits per heavy atom. The Kier molecular flexibility index (Phi) is 4.17. The van der Waals surface area contributed by atoms with Crippen molar-refractivity contribution in [2.45, 2.75) is 20.8 Å². The minimum atomic E-state index is -0.429. The van der Waals surface area contributed by atoms with Gasteiger partial charge in [0.1, 0.15) is 0 Å². The third kappa shape index (κ3) is 3.81. The molecular weight excluding hydrogens is 204 g/mol. The first-order chi connectivity index (χ1) is 7.49. The normalized spacial score (nSPS) is 10.2. The fourth-order valence-corrected chi connectivity index (χ4v) is 1.22. The van der Waals surface area contributed by atoms with Crippen LogP contribution in [0.4, 0.5) is 16.2 Å². The molecule has 4 nitrogen and oxygen atoms in total. The highest BCUT2D eigenvalue weighted by atomic mass is 16.5. The number of hydrogen-bond acceptors (Lipinski definition) is 3. The Labute approximate surface area is 95.8 Å². The van der Waals surface area contributed by atoms with E-state index >= 15 is 0 Å². The van der Waals surface area contributed by atoms with Gasteiger partial charge in [-0.15, -0.1) is 0 Å². The molecule has 3 N–H and O–H groups in total. The first-order valence-electron chi connectivity index (χ1n) is 5.29. The summed E-state index contributed by atoms with van der Waals surface area (Å²) < 4.78 is 5.01. The van der Waals surface area contributed by atoms with Crippen LogP contribution in [-0.2, 0) is 4.74 Å². The largest absolute Gasteiger partial charge is 0.449 e. The second kappa shape index (κ2) is 5.39. The smallest absolute Gasteiger partial charge is 0.411 e. The van der Waals surface area contributed by atoms with E-state index in [1.165, 1.54) is 0 Å². The summed E-state index contributed by atoms with van der Waals surface area (Å²) >= 11 is 0. The van der Waals surface area contributed by atoms with E-state index in [0.717, 1.165) is 11.3 Å². The van der Waals surface area contributed by atoms with Crippen LogP contribution in [0, 0.1) is 12.8 Å². The Bertz CT molecular complexity index is 375. The molecule has 0 aliphatic carbocycles. The molecule has 0 unspecified atom stereocenters. The van der Waals surface area contributed by atoms with E-state index in [1.54, 1.807) is 18.2 Å². The number of nitrogen functional groups attached to an aromatic ring is 1. The molecule has 1 aromatic carbocycles. The van der Waals surface area contributed by atoms with Gasteiger partial charge in [0.15, 0.2) is 0 Å². The summed E-state index contributed by atoms with van der Waals surface area (Å²) in [6.07, 6.45) is -0.429. The predicted molar refractivity (Wildman–Crippen MR) is 65.4 cm³/mol. The highest BCUT2D eigenvalue weighted by molar-refractivity contribution is 5.86. The highest BCUT2D eigenvalue weighted by Gasteiger charge is 2.06. The summed E-state index contributed by atoms with van der Waals surface area (Å²) in [5.74, 6) is 0.332. The van der Waals surface area contributed by atoms with Gasteiger partial charge in [-0.1, -0.05) is 13.8 Å². The molecule has 0 fully saturated rings. The first kappa shape index (κ1) is 12.4. The molecule has 0 aliphatic heterocycles. The molecular formula is C12H18N2O2. The molecule has 0 aliphatic rings. The Hall–Kier alpha value is -1.71. The lowest BCUT2D eigenvalue weighted by Gasteiger charge is -2.10. The van der Waals surface area contributed by atoms with Crippen molar-refractivity contribution in [2.75, 3.05) is 17.7 Å². The van der Waals surface area contributed by atoms with E-state index in [9.17, 15) is 4.79 Å². The highest BCUT2D eigenvalue weighted by Crippen LogP contribution is 2.17. The molecule has 0 radical (unpaired) electrons. The zero-order chi connectivity index (χ0) is 12.1. The zero-order valence-electron chi connectivity index (χ0n) is 9.91. The maximum absolute atomic E-state index is 11.4. The second-order valence-corrected chi connectivity index (χ2v) is 4.19. The minimum absolute atomic E-state index is 0.332. The average molecular weight is 222 g/mol. The lowest BCUT2D eigenvalue weighted by Crippen LogP contribution is -2.17. The van der Waals surface area contributed by atoms with Crippen molar-refractivity contribution >= 4 is 17.5 Å². The van der Waals surface area contributed by atoms with Gasteiger partial charge < -0.3 is 10.5 Å². The zero-order valence-corrected chi connectivity index (χ0v) is 9.91. The van der Waals surface area contributed by atoms with Crippen molar-refractivity contribution < 1.29 is 9.53 Å². The number of hydrogen-bond donors (Lipinski definition) is 2. The van der Waals surface area contributed by atoms with Crippen LogP contribution in [0.15, 0.2) is 18.2 Å². The Balaban J connectivity index is 2.56. The summed E-state index contributed by atoms with van der Waals surface area (Å²) in [5.41, 5.74) is 7.94. The predicted octanol–water partition coefficient (Wildman–Crippen LogP) is 2.78. The number of carbonyl (C=O) groups is 1. The number of ether oxygens (including phenoxy) is 1. The van der Waals surface area contributed by atoms with Crippen LogP contribution in [0.3, 0.4) is 0 Å². The molecule has 0 bridgehead atoms. The van der Waals surface area contributed by atoms with E-state index < -0.39 is 6.09 Å². The molecule has 0 aromatic heterocycles. The monoisotopic (exact) mass is 222 g/mol.